The number of rotatable bonds is 10. The summed E-state index contributed by atoms with van der Waals surface area (Å²) in [5.41, 5.74) is -0.126. The van der Waals surface area contributed by atoms with E-state index in [1.54, 1.807) is 38.1 Å². The van der Waals surface area contributed by atoms with Gasteiger partial charge in [0, 0.05) is 11.7 Å². The van der Waals surface area contributed by atoms with Crippen LogP contribution in [-0.4, -0.2) is 40.0 Å². The number of benzene rings is 3. The molecular formula is C30H32N2O7. The van der Waals surface area contributed by atoms with Crippen molar-refractivity contribution >= 4 is 29.4 Å². The highest BCUT2D eigenvalue weighted by atomic mass is 16.5. The van der Waals surface area contributed by atoms with Crippen LogP contribution in [0.2, 0.25) is 0 Å². The summed E-state index contributed by atoms with van der Waals surface area (Å²) in [4.78, 5) is 49.2. The van der Waals surface area contributed by atoms with Gasteiger partial charge in [-0.15, -0.1) is 0 Å². The summed E-state index contributed by atoms with van der Waals surface area (Å²) in [6.07, 6.45) is 1.00. The third-order valence-electron chi connectivity index (χ3n) is 6.40. The van der Waals surface area contributed by atoms with Crippen LogP contribution in [0.1, 0.15) is 88.0 Å². The van der Waals surface area contributed by atoms with Gasteiger partial charge in [-0.25, -0.2) is 9.59 Å². The summed E-state index contributed by atoms with van der Waals surface area (Å²) >= 11 is 0. The van der Waals surface area contributed by atoms with Crippen molar-refractivity contribution in [1.29, 1.82) is 0 Å². The van der Waals surface area contributed by atoms with Crippen LogP contribution in [0.4, 0.5) is 5.69 Å². The maximum atomic E-state index is 13.0. The zero-order valence-corrected chi connectivity index (χ0v) is 22.5. The predicted octanol–water partition coefficient (Wildman–Crippen LogP) is 5.95. The van der Waals surface area contributed by atoms with E-state index < -0.39 is 40.4 Å². The molecule has 4 N–H and O–H groups in total. The van der Waals surface area contributed by atoms with Gasteiger partial charge in [-0.2, -0.15) is 0 Å². The molecule has 0 unspecified atom stereocenters. The molecule has 0 aromatic heterocycles. The first kappa shape index (κ1) is 28.9. The van der Waals surface area contributed by atoms with E-state index in [2.05, 4.69) is 31.4 Å². The smallest absolute Gasteiger partial charge is 0.336 e. The van der Waals surface area contributed by atoms with Gasteiger partial charge in [-0.1, -0.05) is 32.9 Å². The Hall–Kier alpha value is -4.66. The van der Waals surface area contributed by atoms with Crippen molar-refractivity contribution in [3.05, 3.63) is 88.5 Å². The molecule has 0 saturated carbocycles. The maximum Gasteiger partial charge on any atom is 0.336 e. The molecule has 9 heteroatoms. The van der Waals surface area contributed by atoms with Crippen LogP contribution in [-0.2, 0) is 5.41 Å². The van der Waals surface area contributed by atoms with Gasteiger partial charge in [0.25, 0.3) is 11.8 Å². The topological polar surface area (TPSA) is 142 Å². The molecule has 0 heterocycles. The second kappa shape index (κ2) is 11.8. The van der Waals surface area contributed by atoms with Crippen LogP contribution in [0, 0.1) is 0 Å². The largest absolute Gasteiger partial charge is 0.478 e. The number of hydrogen-bond donors (Lipinski definition) is 4. The second-order valence-corrected chi connectivity index (χ2v) is 10.0. The van der Waals surface area contributed by atoms with Crippen molar-refractivity contribution in [1.82, 2.24) is 5.32 Å². The number of carbonyl (C=O) groups is 4. The van der Waals surface area contributed by atoms with Crippen LogP contribution < -0.4 is 15.4 Å². The molecule has 3 rings (SSSR count). The van der Waals surface area contributed by atoms with Crippen LogP contribution in [0.15, 0.2) is 60.7 Å². The highest BCUT2D eigenvalue weighted by molar-refractivity contribution is 6.14. The Morgan fingerprint density at radius 2 is 1.23 bits per heavy atom. The minimum absolute atomic E-state index is 0.0605. The van der Waals surface area contributed by atoms with Gasteiger partial charge in [0.1, 0.15) is 11.5 Å². The van der Waals surface area contributed by atoms with E-state index >= 15 is 0 Å². The number of amides is 2. The summed E-state index contributed by atoms with van der Waals surface area (Å²) in [7, 11) is 0. The van der Waals surface area contributed by atoms with Gasteiger partial charge in [0.15, 0.2) is 0 Å². The van der Waals surface area contributed by atoms with E-state index in [1.165, 1.54) is 5.56 Å². The van der Waals surface area contributed by atoms with Crippen LogP contribution in [0.5, 0.6) is 11.5 Å². The van der Waals surface area contributed by atoms with Crippen molar-refractivity contribution in [3.8, 4) is 11.5 Å². The third kappa shape index (κ3) is 7.01. The lowest BCUT2D eigenvalue weighted by Crippen LogP contribution is -2.32. The fourth-order valence-corrected chi connectivity index (χ4v) is 3.79. The Balaban J connectivity index is 1.81. The second-order valence-electron chi connectivity index (χ2n) is 10.0. The highest BCUT2D eigenvalue weighted by Crippen LogP contribution is 2.30. The van der Waals surface area contributed by atoms with Gasteiger partial charge in [-0.3, -0.25) is 9.59 Å². The van der Waals surface area contributed by atoms with E-state index in [9.17, 15) is 29.4 Å². The van der Waals surface area contributed by atoms with Crippen LogP contribution in [0.3, 0.4) is 0 Å². The third-order valence-corrected chi connectivity index (χ3v) is 6.40. The lowest BCUT2D eigenvalue weighted by Gasteiger charge is -2.23. The molecule has 2 amide bonds. The molecule has 0 radical (unpaired) electrons. The lowest BCUT2D eigenvalue weighted by molar-refractivity contribution is 0.0676. The fourth-order valence-electron chi connectivity index (χ4n) is 3.79. The Morgan fingerprint density at radius 3 is 1.67 bits per heavy atom. The van der Waals surface area contributed by atoms with E-state index in [1.807, 2.05) is 24.3 Å². The standard InChI is InChI=1S/C30H32N2O7/c1-6-30(4,5)18-7-11-20(12-8-18)39-21-13-9-19(10-14-21)32-27(34)23-16-24(28(35)36)22(15-25(23)29(37)38)26(33)31-17(2)3/h7-17H,6H2,1-5H3,(H,31,33)(H,32,34)(H,35,36)(H,37,38). The van der Waals surface area contributed by atoms with E-state index in [0.29, 0.717) is 17.2 Å². The average molecular weight is 533 g/mol. The first-order valence-corrected chi connectivity index (χ1v) is 12.5. The van der Waals surface area contributed by atoms with Crippen molar-refractivity contribution in [2.24, 2.45) is 0 Å². The monoisotopic (exact) mass is 532 g/mol. The first-order chi connectivity index (χ1) is 18.3. The van der Waals surface area contributed by atoms with Crippen molar-refractivity contribution in [3.63, 3.8) is 0 Å². The minimum atomic E-state index is -1.48. The quantitative estimate of drug-likeness (QED) is 0.253. The predicted molar refractivity (Wildman–Crippen MR) is 147 cm³/mol. The molecule has 0 fully saturated rings. The number of hydrogen-bond acceptors (Lipinski definition) is 5. The first-order valence-electron chi connectivity index (χ1n) is 12.5. The summed E-state index contributed by atoms with van der Waals surface area (Å²) in [6, 6.07) is 15.7. The summed E-state index contributed by atoms with van der Waals surface area (Å²) in [6.45, 7) is 9.85. The molecule has 0 aliphatic carbocycles. The van der Waals surface area contributed by atoms with Crippen LogP contribution in [0.25, 0.3) is 0 Å². The number of carboxylic acids is 2. The van der Waals surface area contributed by atoms with Gasteiger partial charge in [-0.05, 0) is 79.8 Å². The molecular weight excluding hydrogens is 500 g/mol. The van der Waals surface area contributed by atoms with Crippen molar-refractivity contribution < 1.29 is 34.1 Å². The Labute approximate surface area is 226 Å². The number of carbonyl (C=O) groups excluding carboxylic acids is 2. The number of aromatic carboxylic acids is 2. The van der Waals surface area contributed by atoms with Crippen molar-refractivity contribution in [2.45, 2.75) is 52.5 Å². The lowest BCUT2D eigenvalue weighted by atomic mass is 9.82. The van der Waals surface area contributed by atoms with E-state index in [-0.39, 0.29) is 17.0 Å². The average Bonchev–Trinajstić information content (AvgIpc) is 2.88. The molecule has 0 bridgehead atoms. The van der Waals surface area contributed by atoms with Gasteiger partial charge < -0.3 is 25.6 Å². The SMILES string of the molecule is CCC(C)(C)c1ccc(Oc2ccc(NC(=O)c3cc(C(=O)O)c(C(=O)NC(C)C)cc3C(=O)O)cc2)cc1. The normalized spacial score (nSPS) is 11.1. The summed E-state index contributed by atoms with van der Waals surface area (Å²) in [5, 5.41) is 24.4. The fraction of sp³-hybridized carbons (Fsp3) is 0.267. The molecule has 204 valence electrons. The zero-order valence-electron chi connectivity index (χ0n) is 22.5. The molecule has 0 aliphatic heterocycles. The van der Waals surface area contributed by atoms with Crippen molar-refractivity contribution in [2.75, 3.05) is 5.32 Å². The molecule has 39 heavy (non-hydrogen) atoms. The number of carboxylic acid groups (broad SMARTS) is 2. The Bertz CT molecular complexity index is 1390. The number of nitrogens with one attached hydrogen (secondary N) is 2. The Kier molecular flexibility index (Phi) is 8.75. The van der Waals surface area contributed by atoms with Gasteiger partial charge >= 0.3 is 11.9 Å². The van der Waals surface area contributed by atoms with Crippen LogP contribution >= 0.6 is 0 Å². The molecule has 0 spiro atoms. The van der Waals surface area contributed by atoms with E-state index in [4.69, 9.17) is 4.74 Å². The summed E-state index contributed by atoms with van der Waals surface area (Å²) < 4.78 is 5.89. The number of anilines is 1. The molecule has 0 saturated heterocycles. The molecule has 3 aromatic rings. The van der Waals surface area contributed by atoms with Gasteiger partial charge in [0.05, 0.1) is 22.3 Å². The van der Waals surface area contributed by atoms with Gasteiger partial charge in [0.2, 0.25) is 0 Å². The molecule has 0 aliphatic rings. The maximum absolute atomic E-state index is 13.0. The number of ether oxygens (including phenoxy) is 1. The van der Waals surface area contributed by atoms with E-state index in [0.717, 1.165) is 18.6 Å². The highest BCUT2D eigenvalue weighted by Gasteiger charge is 2.26. The Morgan fingerprint density at radius 1 is 0.769 bits per heavy atom. The molecule has 0 atom stereocenters. The zero-order chi connectivity index (χ0) is 28.9. The molecule has 9 nitrogen and oxygen atoms in total. The molecule has 3 aromatic carbocycles. The minimum Gasteiger partial charge on any atom is -0.478 e. The summed E-state index contributed by atoms with van der Waals surface area (Å²) in [5.74, 6) is -3.37.